The monoisotopic (exact) mass is 390 g/mol. The number of carbonyl (C=O) groups is 1. The molecular formula is C20H26N2O4S. The van der Waals surface area contributed by atoms with Crippen molar-refractivity contribution < 1.29 is 17.9 Å². The molecule has 1 amide bonds. The molecule has 2 N–H and O–H groups in total. The molecule has 6 nitrogen and oxygen atoms in total. The van der Waals surface area contributed by atoms with Crippen molar-refractivity contribution in [3.8, 4) is 5.75 Å². The zero-order chi connectivity index (χ0) is 19.7. The van der Waals surface area contributed by atoms with Gasteiger partial charge in [0.2, 0.25) is 10.0 Å². The SMILES string of the molecule is CCNS(=O)(=O)c1cccc(C(=O)NCCCCOc2ccc(C)cc2)c1. The topological polar surface area (TPSA) is 84.5 Å². The first-order valence-electron chi connectivity index (χ1n) is 9.00. The van der Waals surface area contributed by atoms with Gasteiger partial charge in [-0.25, -0.2) is 13.1 Å². The van der Waals surface area contributed by atoms with Crippen LogP contribution in [0.1, 0.15) is 35.7 Å². The highest BCUT2D eigenvalue weighted by atomic mass is 32.2. The first-order chi connectivity index (χ1) is 12.9. The minimum atomic E-state index is -3.57. The molecule has 0 aliphatic heterocycles. The van der Waals surface area contributed by atoms with Crippen molar-refractivity contribution in [2.45, 2.75) is 31.6 Å². The summed E-state index contributed by atoms with van der Waals surface area (Å²) in [6.07, 6.45) is 1.58. The van der Waals surface area contributed by atoms with Crippen molar-refractivity contribution in [1.82, 2.24) is 10.0 Å². The summed E-state index contributed by atoms with van der Waals surface area (Å²) in [7, 11) is -3.57. The molecule has 0 fully saturated rings. The van der Waals surface area contributed by atoms with Gasteiger partial charge in [-0.2, -0.15) is 0 Å². The molecule has 0 saturated heterocycles. The standard InChI is InChI=1S/C20H26N2O4S/c1-3-22-27(24,25)19-8-6-7-17(15-19)20(23)21-13-4-5-14-26-18-11-9-16(2)10-12-18/h6-12,15,22H,3-5,13-14H2,1-2H3,(H,21,23). The van der Waals surface area contributed by atoms with E-state index in [2.05, 4.69) is 10.0 Å². The van der Waals surface area contributed by atoms with Crippen LogP contribution in [0.2, 0.25) is 0 Å². The van der Waals surface area contributed by atoms with Crippen LogP contribution >= 0.6 is 0 Å². The van der Waals surface area contributed by atoms with E-state index >= 15 is 0 Å². The highest BCUT2D eigenvalue weighted by Crippen LogP contribution is 2.12. The molecule has 0 spiro atoms. The maximum Gasteiger partial charge on any atom is 0.251 e. The Morgan fingerprint density at radius 2 is 1.81 bits per heavy atom. The Bertz CT molecular complexity index is 849. The van der Waals surface area contributed by atoms with Gasteiger partial charge in [-0.1, -0.05) is 30.7 Å². The second-order valence-corrected chi connectivity index (χ2v) is 7.92. The number of unbranched alkanes of at least 4 members (excludes halogenated alkanes) is 1. The molecule has 2 aromatic carbocycles. The molecule has 146 valence electrons. The quantitative estimate of drug-likeness (QED) is 0.611. The molecule has 0 bridgehead atoms. The van der Waals surface area contributed by atoms with Gasteiger partial charge in [-0.05, 0) is 50.1 Å². The van der Waals surface area contributed by atoms with Crippen LogP contribution in [-0.2, 0) is 10.0 Å². The summed E-state index contributed by atoms with van der Waals surface area (Å²) in [5.74, 6) is 0.548. The molecule has 0 radical (unpaired) electrons. The summed E-state index contributed by atoms with van der Waals surface area (Å²) in [4.78, 5) is 12.3. The Kier molecular flexibility index (Phi) is 7.82. The van der Waals surface area contributed by atoms with Crippen LogP contribution in [0.3, 0.4) is 0 Å². The average Bonchev–Trinajstić information content (AvgIpc) is 2.66. The molecule has 27 heavy (non-hydrogen) atoms. The average molecular weight is 391 g/mol. The van der Waals surface area contributed by atoms with Gasteiger partial charge < -0.3 is 10.1 Å². The number of hydrogen-bond donors (Lipinski definition) is 2. The van der Waals surface area contributed by atoms with Crippen molar-refractivity contribution in [3.05, 3.63) is 59.7 Å². The minimum absolute atomic E-state index is 0.0866. The van der Waals surface area contributed by atoms with Gasteiger partial charge in [0, 0.05) is 18.7 Å². The molecule has 0 aliphatic rings. The van der Waals surface area contributed by atoms with Gasteiger partial charge in [0.05, 0.1) is 11.5 Å². The predicted molar refractivity (Wildman–Crippen MR) is 106 cm³/mol. The van der Waals surface area contributed by atoms with Gasteiger partial charge in [-0.15, -0.1) is 0 Å². The summed E-state index contributed by atoms with van der Waals surface area (Å²) in [5, 5.41) is 2.81. The molecule has 0 saturated carbocycles. The normalized spacial score (nSPS) is 11.2. The first kappa shape index (κ1) is 20.9. The Morgan fingerprint density at radius 3 is 2.52 bits per heavy atom. The zero-order valence-corrected chi connectivity index (χ0v) is 16.5. The van der Waals surface area contributed by atoms with E-state index in [1.807, 2.05) is 31.2 Å². The van der Waals surface area contributed by atoms with Gasteiger partial charge in [0.25, 0.3) is 5.91 Å². The number of rotatable bonds is 10. The summed E-state index contributed by atoms with van der Waals surface area (Å²) >= 11 is 0. The molecule has 0 heterocycles. The Balaban J connectivity index is 1.75. The van der Waals surface area contributed by atoms with Crippen molar-refractivity contribution in [1.29, 1.82) is 0 Å². The third-order valence-electron chi connectivity index (χ3n) is 3.89. The summed E-state index contributed by atoms with van der Waals surface area (Å²) < 4.78 is 32.1. The fraction of sp³-hybridized carbons (Fsp3) is 0.350. The molecular weight excluding hydrogens is 364 g/mol. The molecule has 2 rings (SSSR count). The third-order valence-corrected chi connectivity index (χ3v) is 5.43. The lowest BCUT2D eigenvalue weighted by molar-refractivity contribution is 0.0952. The maximum atomic E-state index is 12.2. The van der Waals surface area contributed by atoms with Crippen LogP contribution in [0.15, 0.2) is 53.4 Å². The molecule has 0 aromatic heterocycles. The minimum Gasteiger partial charge on any atom is -0.494 e. The van der Waals surface area contributed by atoms with E-state index in [1.54, 1.807) is 19.1 Å². The second-order valence-electron chi connectivity index (χ2n) is 6.15. The van der Waals surface area contributed by atoms with E-state index < -0.39 is 10.0 Å². The third kappa shape index (κ3) is 6.69. The van der Waals surface area contributed by atoms with Crippen molar-refractivity contribution in [2.24, 2.45) is 0 Å². The van der Waals surface area contributed by atoms with Gasteiger partial charge >= 0.3 is 0 Å². The Hall–Kier alpha value is -2.38. The van der Waals surface area contributed by atoms with E-state index in [1.165, 1.54) is 17.7 Å². The van der Waals surface area contributed by atoms with Crippen molar-refractivity contribution in [2.75, 3.05) is 19.7 Å². The van der Waals surface area contributed by atoms with Gasteiger partial charge in [0.1, 0.15) is 5.75 Å². The number of sulfonamides is 1. The van der Waals surface area contributed by atoms with Crippen LogP contribution in [0, 0.1) is 6.92 Å². The largest absolute Gasteiger partial charge is 0.494 e. The van der Waals surface area contributed by atoms with E-state index in [4.69, 9.17) is 4.74 Å². The molecule has 0 atom stereocenters. The summed E-state index contributed by atoms with van der Waals surface area (Å²) in [5.41, 5.74) is 1.51. The highest BCUT2D eigenvalue weighted by molar-refractivity contribution is 7.89. The summed E-state index contributed by atoms with van der Waals surface area (Å²) in [6.45, 7) is 5.10. The lowest BCUT2D eigenvalue weighted by Crippen LogP contribution is -2.26. The van der Waals surface area contributed by atoms with E-state index in [9.17, 15) is 13.2 Å². The Labute approximate surface area is 161 Å². The van der Waals surface area contributed by atoms with Gasteiger partial charge in [-0.3, -0.25) is 4.79 Å². The van der Waals surface area contributed by atoms with E-state index in [0.717, 1.165) is 18.6 Å². The number of carbonyl (C=O) groups excluding carboxylic acids is 1. The predicted octanol–water partition coefficient (Wildman–Crippen LogP) is 2.88. The smallest absolute Gasteiger partial charge is 0.251 e. The Morgan fingerprint density at radius 1 is 1.07 bits per heavy atom. The maximum absolute atomic E-state index is 12.2. The van der Waals surface area contributed by atoms with Crippen LogP contribution in [-0.4, -0.2) is 34.0 Å². The number of amides is 1. The number of aryl methyl sites for hydroxylation is 1. The lowest BCUT2D eigenvalue weighted by atomic mass is 10.2. The number of benzene rings is 2. The zero-order valence-electron chi connectivity index (χ0n) is 15.7. The van der Waals surface area contributed by atoms with Crippen LogP contribution in [0.4, 0.5) is 0 Å². The number of ether oxygens (including phenoxy) is 1. The molecule has 0 unspecified atom stereocenters. The lowest BCUT2D eigenvalue weighted by Gasteiger charge is -2.09. The number of hydrogen-bond acceptors (Lipinski definition) is 4. The van der Waals surface area contributed by atoms with E-state index in [-0.39, 0.29) is 10.8 Å². The van der Waals surface area contributed by atoms with Crippen LogP contribution < -0.4 is 14.8 Å². The second kappa shape index (κ2) is 10.1. The van der Waals surface area contributed by atoms with E-state index in [0.29, 0.717) is 25.3 Å². The fourth-order valence-corrected chi connectivity index (χ4v) is 3.52. The van der Waals surface area contributed by atoms with Crippen LogP contribution in [0.5, 0.6) is 5.75 Å². The molecule has 2 aromatic rings. The van der Waals surface area contributed by atoms with Crippen molar-refractivity contribution in [3.63, 3.8) is 0 Å². The van der Waals surface area contributed by atoms with Crippen LogP contribution in [0.25, 0.3) is 0 Å². The van der Waals surface area contributed by atoms with Gasteiger partial charge in [0.15, 0.2) is 0 Å². The fourth-order valence-electron chi connectivity index (χ4n) is 2.43. The highest BCUT2D eigenvalue weighted by Gasteiger charge is 2.14. The summed E-state index contributed by atoms with van der Waals surface area (Å²) in [6, 6.07) is 13.9. The first-order valence-corrected chi connectivity index (χ1v) is 10.5. The van der Waals surface area contributed by atoms with Crippen molar-refractivity contribution >= 4 is 15.9 Å². The molecule has 7 heteroatoms. The number of nitrogens with one attached hydrogen (secondary N) is 2. The molecule has 0 aliphatic carbocycles.